The van der Waals surface area contributed by atoms with Gasteiger partial charge in [0.1, 0.15) is 0 Å². The van der Waals surface area contributed by atoms with Crippen molar-refractivity contribution in [2.24, 2.45) is 0 Å². The van der Waals surface area contributed by atoms with Crippen molar-refractivity contribution in [2.75, 3.05) is 55.8 Å². The number of aryl methyl sites for hydroxylation is 1. The SMILES string of the molecule is Cc1ccc(NC(=O)c2ccccc2)c(C2CCN(c3cncc(NCCN(C)C)c3)C2)c1C(F)(F)F. The van der Waals surface area contributed by atoms with Gasteiger partial charge in [-0.25, -0.2) is 0 Å². The van der Waals surface area contributed by atoms with E-state index < -0.39 is 23.6 Å². The van der Waals surface area contributed by atoms with Crippen LogP contribution in [0.15, 0.2) is 60.9 Å². The Hall–Kier alpha value is -3.59. The van der Waals surface area contributed by atoms with Crippen molar-refractivity contribution in [2.45, 2.75) is 25.4 Å². The van der Waals surface area contributed by atoms with Crippen LogP contribution < -0.4 is 15.5 Å². The maximum atomic E-state index is 14.3. The Labute approximate surface area is 215 Å². The summed E-state index contributed by atoms with van der Waals surface area (Å²) in [6, 6.07) is 13.5. The number of rotatable bonds is 8. The Morgan fingerprint density at radius 1 is 1.14 bits per heavy atom. The van der Waals surface area contributed by atoms with Gasteiger partial charge in [-0.3, -0.25) is 9.78 Å². The van der Waals surface area contributed by atoms with Crippen molar-refractivity contribution in [1.29, 1.82) is 0 Å². The molecule has 4 rings (SSSR count). The lowest BCUT2D eigenvalue weighted by molar-refractivity contribution is -0.138. The molecular weight excluding hydrogens is 479 g/mol. The number of anilines is 3. The summed E-state index contributed by atoms with van der Waals surface area (Å²) in [6.07, 6.45) is -0.540. The lowest BCUT2D eigenvalue weighted by Gasteiger charge is -2.25. The van der Waals surface area contributed by atoms with E-state index in [4.69, 9.17) is 0 Å². The predicted octanol–water partition coefficient (Wildman–Crippen LogP) is 5.63. The predicted molar refractivity (Wildman–Crippen MR) is 141 cm³/mol. The van der Waals surface area contributed by atoms with E-state index in [1.807, 2.05) is 20.2 Å². The number of hydrogen-bond donors (Lipinski definition) is 2. The molecule has 37 heavy (non-hydrogen) atoms. The van der Waals surface area contributed by atoms with Gasteiger partial charge in [0.15, 0.2) is 0 Å². The number of benzene rings is 2. The summed E-state index contributed by atoms with van der Waals surface area (Å²) in [7, 11) is 4.00. The first-order chi connectivity index (χ1) is 17.6. The fourth-order valence-corrected chi connectivity index (χ4v) is 4.77. The van der Waals surface area contributed by atoms with Crippen LogP contribution in [0.5, 0.6) is 0 Å². The molecule has 0 aliphatic carbocycles. The molecule has 2 N–H and O–H groups in total. The van der Waals surface area contributed by atoms with Crippen LogP contribution in [-0.2, 0) is 6.18 Å². The van der Waals surface area contributed by atoms with Crippen molar-refractivity contribution in [3.05, 3.63) is 83.2 Å². The minimum Gasteiger partial charge on any atom is -0.382 e. The van der Waals surface area contributed by atoms with Crippen LogP contribution in [0.1, 0.15) is 39.4 Å². The second-order valence-electron chi connectivity index (χ2n) is 9.63. The molecule has 1 aromatic heterocycles. The average molecular weight is 512 g/mol. The van der Waals surface area contributed by atoms with Crippen molar-refractivity contribution < 1.29 is 18.0 Å². The van der Waals surface area contributed by atoms with Crippen LogP contribution in [0.25, 0.3) is 0 Å². The first-order valence-electron chi connectivity index (χ1n) is 12.3. The Bertz CT molecular complexity index is 1230. The summed E-state index contributed by atoms with van der Waals surface area (Å²) in [5.41, 5.74) is 1.94. The quantitative estimate of drug-likeness (QED) is 0.411. The molecule has 2 heterocycles. The molecule has 0 bridgehead atoms. The van der Waals surface area contributed by atoms with Crippen LogP contribution in [-0.4, -0.2) is 56.1 Å². The van der Waals surface area contributed by atoms with Crippen LogP contribution in [0.4, 0.5) is 30.2 Å². The fraction of sp³-hybridized carbons (Fsp3) is 0.357. The number of alkyl halides is 3. The molecule has 1 amide bonds. The smallest absolute Gasteiger partial charge is 0.382 e. The zero-order valence-corrected chi connectivity index (χ0v) is 21.3. The summed E-state index contributed by atoms with van der Waals surface area (Å²) in [4.78, 5) is 21.3. The standard InChI is InChI=1S/C28H32F3N5O/c1-19-9-10-24(34-27(37)20-7-5-4-6-8-20)25(26(19)28(29,30)31)21-11-13-36(18-21)23-15-22(16-32-17-23)33-12-14-35(2)3/h4-10,15-17,21,33H,11-14,18H2,1-3H3,(H,34,37). The second-order valence-corrected chi connectivity index (χ2v) is 9.63. The summed E-state index contributed by atoms with van der Waals surface area (Å²) < 4.78 is 42.9. The Kier molecular flexibility index (Phi) is 8.02. The number of likely N-dealkylation sites (N-methyl/N-ethyl adjacent to an activating group) is 1. The third-order valence-corrected chi connectivity index (χ3v) is 6.60. The highest BCUT2D eigenvalue weighted by Crippen LogP contribution is 2.44. The molecule has 6 nitrogen and oxygen atoms in total. The first kappa shape index (κ1) is 26.5. The molecule has 196 valence electrons. The number of carbonyl (C=O) groups is 1. The monoisotopic (exact) mass is 511 g/mol. The van der Waals surface area contributed by atoms with Gasteiger partial charge in [0.2, 0.25) is 0 Å². The summed E-state index contributed by atoms with van der Waals surface area (Å²) >= 11 is 0. The molecule has 0 saturated carbocycles. The van der Waals surface area contributed by atoms with Crippen molar-refractivity contribution in [3.63, 3.8) is 0 Å². The van der Waals surface area contributed by atoms with E-state index in [-0.39, 0.29) is 16.8 Å². The zero-order valence-electron chi connectivity index (χ0n) is 21.3. The number of aromatic nitrogens is 1. The molecule has 1 unspecified atom stereocenters. The minimum absolute atomic E-state index is 0.146. The first-order valence-corrected chi connectivity index (χ1v) is 12.3. The van der Waals surface area contributed by atoms with Gasteiger partial charge in [0.25, 0.3) is 5.91 Å². The maximum absolute atomic E-state index is 14.3. The van der Waals surface area contributed by atoms with Gasteiger partial charge in [-0.05, 0) is 62.8 Å². The van der Waals surface area contributed by atoms with E-state index in [1.165, 1.54) is 13.0 Å². The van der Waals surface area contributed by atoms with Gasteiger partial charge in [0, 0.05) is 43.3 Å². The molecule has 1 fully saturated rings. The van der Waals surface area contributed by atoms with E-state index >= 15 is 0 Å². The number of carbonyl (C=O) groups excluding carboxylic acids is 1. The summed E-state index contributed by atoms with van der Waals surface area (Å²) in [5, 5.41) is 6.09. The van der Waals surface area contributed by atoms with Gasteiger partial charge in [-0.15, -0.1) is 0 Å². The summed E-state index contributed by atoms with van der Waals surface area (Å²) in [5.74, 6) is -0.845. The van der Waals surface area contributed by atoms with Gasteiger partial charge < -0.3 is 20.4 Å². The van der Waals surface area contributed by atoms with Crippen LogP contribution in [0.3, 0.4) is 0 Å². The van der Waals surface area contributed by atoms with E-state index in [1.54, 1.807) is 48.8 Å². The van der Waals surface area contributed by atoms with Crippen molar-refractivity contribution in [1.82, 2.24) is 9.88 Å². The molecule has 1 atom stereocenters. The molecule has 3 aromatic rings. The number of nitrogens with one attached hydrogen (secondary N) is 2. The van der Waals surface area contributed by atoms with E-state index in [2.05, 4.69) is 25.4 Å². The van der Waals surface area contributed by atoms with Gasteiger partial charge in [-0.1, -0.05) is 24.3 Å². The largest absolute Gasteiger partial charge is 0.417 e. The zero-order chi connectivity index (χ0) is 26.6. The molecule has 1 aliphatic heterocycles. The Balaban J connectivity index is 1.61. The number of halogens is 3. The molecular formula is C28H32F3N5O. The molecule has 2 aromatic carbocycles. The Morgan fingerprint density at radius 3 is 2.59 bits per heavy atom. The van der Waals surface area contributed by atoms with Gasteiger partial charge in [0.05, 0.1) is 29.3 Å². The van der Waals surface area contributed by atoms with Gasteiger partial charge in [-0.2, -0.15) is 13.2 Å². The lowest BCUT2D eigenvalue weighted by Crippen LogP contribution is -2.23. The second kappa shape index (κ2) is 11.2. The van der Waals surface area contributed by atoms with Crippen molar-refractivity contribution in [3.8, 4) is 0 Å². The molecule has 0 radical (unpaired) electrons. The molecule has 0 spiro atoms. The van der Waals surface area contributed by atoms with E-state index in [0.717, 1.165) is 24.5 Å². The minimum atomic E-state index is -4.54. The highest BCUT2D eigenvalue weighted by atomic mass is 19.4. The number of pyridine rings is 1. The highest BCUT2D eigenvalue weighted by molar-refractivity contribution is 6.04. The fourth-order valence-electron chi connectivity index (χ4n) is 4.77. The average Bonchev–Trinajstić information content (AvgIpc) is 3.35. The lowest BCUT2D eigenvalue weighted by atomic mass is 9.88. The van der Waals surface area contributed by atoms with E-state index in [9.17, 15) is 18.0 Å². The molecule has 1 aliphatic rings. The molecule has 9 heteroatoms. The highest BCUT2D eigenvalue weighted by Gasteiger charge is 2.40. The van der Waals surface area contributed by atoms with Crippen LogP contribution >= 0.6 is 0 Å². The topological polar surface area (TPSA) is 60.5 Å². The normalized spacial score (nSPS) is 15.8. The third-order valence-electron chi connectivity index (χ3n) is 6.60. The number of nitrogens with zero attached hydrogens (tertiary/aromatic N) is 3. The molecule has 1 saturated heterocycles. The third kappa shape index (κ3) is 6.40. The van der Waals surface area contributed by atoms with Gasteiger partial charge >= 0.3 is 6.18 Å². The number of hydrogen-bond acceptors (Lipinski definition) is 5. The summed E-state index contributed by atoms with van der Waals surface area (Å²) in [6.45, 7) is 4.06. The Morgan fingerprint density at radius 2 is 1.89 bits per heavy atom. The van der Waals surface area contributed by atoms with Crippen molar-refractivity contribution >= 4 is 23.0 Å². The van der Waals surface area contributed by atoms with Crippen LogP contribution in [0, 0.1) is 6.92 Å². The van der Waals surface area contributed by atoms with E-state index in [0.29, 0.717) is 25.1 Å². The van der Waals surface area contributed by atoms with Crippen LogP contribution in [0.2, 0.25) is 0 Å². The maximum Gasteiger partial charge on any atom is 0.417 e. The number of amides is 1.